The van der Waals surface area contributed by atoms with Gasteiger partial charge in [-0.1, -0.05) is 17.3 Å². The number of Topliss-reactive ketones (excluding diaryl/α,β-unsaturated/α-hetero) is 1. The molecule has 0 amide bonds. The Morgan fingerprint density at radius 2 is 2.19 bits per heavy atom. The van der Waals surface area contributed by atoms with Crippen LogP contribution in [0.3, 0.4) is 0 Å². The second-order valence-corrected chi connectivity index (χ2v) is 3.57. The summed E-state index contributed by atoms with van der Waals surface area (Å²) < 4.78 is 1.57. The van der Waals surface area contributed by atoms with E-state index in [0.717, 1.165) is 0 Å². The molecule has 2 rings (SSSR count). The summed E-state index contributed by atoms with van der Waals surface area (Å²) >= 11 is 0. The van der Waals surface area contributed by atoms with Crippen molar-refractivity contribution in [2.75, 3.05) is 5.73 Å². The van der Waals surface area contributed by atoms with Crippen molar-refractivity contribution in [1.82, 2.24) is 15.0 Å². The maximum atomic E-state index is 11.9. The summed E-state index contributed by atoms with van der Waals surface area (Å²) in [6, 6.07) is 7.02. The number of para-hydroxylation sites is 1. The monoisotopic (exact) mass is 216 g/mol. The Kier molecular flexibility index (Phi) is 2.68. The molecule has 0 bridgehead atoms. The number of carbonyl (C=O) groups excluding carboxylic acids is 1. The minimum Gasteiger partial charge on any atom is -0.398 e. The maximum Gasteiger partial charge on any atom is 0.171 e. The molecule has 0 atom stereocenters. The van der Waals surface area contributed by atoms with Crippen molar-refractivity contribution in [2.24, 2.45) is 7.05 Å². The number of anilines is 1. The van der Waals surface area contributed by atoms with E-state index in [1.54, 1.807) is 42.2 Å². The summed E-state index contributed by atoms with van der Waals surface area (Å²) in [5.74, 6) is -0.0430. The van der Waals surface area contributed by atoms with Gasteiger partial charge in [0.25, 0.3) is 0 Å². The van der Waals surface area contributed by atoms with E-state index in [1.165, 1.54) is 0 Å². The molecule has 0 spiro atoms. The highest BCUT2D eigenvalue weighted by Gasteiger charge is 2.11. The molecule has 2 aromatic rings. The van der Waals surface area contributed by atoms with Crippen molar-refractivity contribution in [1.29, 1.82) is 0 Å². The standard InChI is InChI=1S/C11H12N4O/c1-15-7-8(13-14-15)6-11(16)9-4-2-3-5-10(9)12/h2-5,7H,6,12H2,1H3. The summed E-state index contributed by atoms with van der Waals surface area (Å²) in [5, 5.41) is 7.63. The summed E-state index contributed by atoms with van der Waals surface area (Å²) in [4.78, 5) is 11.9. The Labute approximate surface area is 92.9 Å². The molecule has 2 N–H and O–H groups in total. The number of nitrogens with two attached hydrogens (primary N) is 1. The van der Waals surface area contributed by atoms with E-state index >= 15 is 0 Å². The van der Waals surface area contributed by atoms with Gasteiger partial charge in [-0.25, -0.2) is 0 Å². The number of aromatic nitrogens is 3. The third kappa shape index (κ3) is 2.08. The lowest BCUT2D eigenvalue weighted by atomic mass is 10.1. The molecule has 0 unspecified atom stereocenters. The van der Waals surface area contributed by atoms with E-state index in [1.807, 2.05) is 0 Å². The van der Waals surface area contributed by atoms with Gasteiger partial charge in [0, 0.05) is 24.5 Å². The zero-order valence-corrected chi connectivity index (χ0v) is 8.92. The number of rotatable bonds is 3. The number of benzene rings is 1. The highest BCUT2D eigenvalue weighted by atomic mass is 16.1. The van der Waals surface area contributed by atoms with E-state index in [0.29, 0.717) is 16.9 Å². The minimum absolute atomic E-state index is 0.0430. The topological polar surface area (TPSA) is 73.8 Å². The summed E-state index contributed by atoms with van der Waals surface area (Å²) in [6.45, 7) is 0. The van der Waals surface area contributed by atoms with Crippen LogP contribution in [-0.4, -0.2) is 20.8 Å². The Bertz CT molecular complexity index is 518. The molecule has 82 valence electrons. The molecule has 0 saturated heterocycles. The summed E-state index contributed by atoms with van der Waals surface area (Å²) in [6.07, 6.45) is 1.94. The predicted octanol–water partition coefficient (Wildman–Crippen LogP) is 0.823. The number of hydrogen-bond acceptors (Lipinski definition) is 4. The largest absolute Gasteiger partial charge is 0.398 e. The van der Waals surface area contributed by atoms with E-state index < -0.39 is 0 Å². The first-order valence-electron chi connectivity index (χ1n) is 4.89. The van der Waals surface area contributed by atoms with Crippen molar-refractivity contribution in [2.45, 2.75) is 6.42 Å². The zero-order valence-electron chi connectivity index (χ0n) is 8.92. The first-order chi connectivity index (χ1) is 7.66. The molecule has 0 saturated carbocycles. The normalized spacial score (nSPS) is 10.3. The van der Waals surface area contributed by atoms with Crippen molar-refractivity contribution < 1.29 is 4.79 Å². The molecule has 0 aliphatic rings. The fourth-order valence-corrected chi connectivity index (χ4v) is 1.49. The minimum atomic E-state index is -0.0430. The summed E-state index contributed by atoms with van der Waals surface area (Å²) in [5.41, 5.74) is 7.40. The SMILES string of the molecule is Cn1cc(CC(=O)c2ccccc2N)nn1. The maximum absolute atomic E-state index is 11.9. The van der Waals surface area contributed by atoms with Gasteiger partial charge in [-0.3, -0.25) is 9.48 Å². The Morgan fingerprint density at radius 1 is 1.44 bits per heavy atom. The molecule has 0 fully saturated rings. The lowest BCUT2D eigenvalue weighted by Gasteiger charge is -2.01. The van der Waals surface area contributed by atoms with E-state index in [-0.39, 0.29) is 12.2 Å². The van der Waals surface area contributed by atoms with Crippen LogP contribution in [0.2, 0.25) is 0 Å². The van der Waals surface area contributed by atoms with Crippen LogP contribution in [0.15, 0.2) is 30.5 Å². The lowest BCUT2D eigenvalue weighted by molar-refractivity contribution is 0.0993. The van der Waals surface area contributed by atoms with Crippen LogP contribution in [0.25, 0.3) is 0 Å². The van der Waals surface area contributed by atoms with Crippen LogP contribution in [-0.2, 0) is 13.5 Å². The Balaban J connectivity index is 2.18. The zero-order chi connectivity index (χ0) is 11.5. The molecule has 1 heterocycles. The van der Waals surface area contributed by atoms with Gasteiger partial charge in [-0.15, -0.1) is 5.10 Å². The number of nitrogen functional groups attached to an aromatic ring is 1. The highest BCUT2D eigenvalue weighted by molar-refractivity contribution is 6.01. The average molecular weight is 216 g/mol. The molecule has 1 aromatic heterocycles. The van der Waals surface area contributed by atoms with Crippen LogP contribution < -0.4 is 5.73 Å². The molecule has 0 aliphatic carbocycles. The van der Waals surface area contributed by atoms with Gasteiger partial charge in [-0.2, -0.15) is 0 Å². The number of hydrogen-bond donors (Lipinski definition) is 1. The molecular formula is C11H12N4O. The van der Waals surface area contributed by atoms with Crippen LogP contribution >= 0.6 is 0 Å². The predicted molar refractivity (Wildman–Crippen MR) is 59.9 cm³/mol. The van der Waals surface area contributed by atoms with E-state index in [9.17, 15) is 4.79 Å². The number of aryl methyl sites for hydroxylation is 1. The van der Waals surface area contributed by atoms with Crippen molar-refractivity contribution in [3.8, 4) is 0 Å². The van der Waals surface area contributed by atoms with Gasteiger partial charge in [0.1, 0.15) is 0 Å². The van der Waals surface area contributed by atoms with Gasteiger partial charge in [0.05, 0.1) is 12.1 Å². The summed E-state index contributed by atoms with van der Waals surface area (Å²) in [7, 11) is 1.76. The second kappa shape index (κ2) is 4.14. The van der Waals surface area contributed by atoms with Crippen LogP contribution in [0.5, 0.6) is 0 Å². The molecule has 16 heavy (non-hydrogen) atoms. The molecular weight excluding hydrogens is 204 g/mol. The van der Waals surface area contributed by atoms with Gasteiger partial charge in [-0.05, 0) is 12.1 Å². The van der Waals surface area contributed by atoms with Gasteiger partial charge < -0.3 is 5.73 Å². The Hall–Kier alpha value is -2.17. The van der Waals surface area contributed by atoms with Crippen molar-refractivity contribution in [3.05, 3.63) is 41.7 Å². The van der Waals surface area contributed by atoms with Gasteiger partial charge in [0.15, 0.2) is 5.78 Å². The highest BCUT2D eigenvalue weighted by Crippen LogP contribution is 2.13. The van der Waals surface area contributed by atoms with Gasteiger partial charge >= 0.3 is 0 Å². The van der Waals surface area contributed by atoms with Crippen LogP contribution in [0.1, 0.15) is 16.1 Å². The first-order valence-corrected chi connectivity index (χ1v) is 4.89. The van der Waals surface area contributed by atoms with E-state index in [4.69, 9.17) is 5.73 Å². The smallest absolute Gasteiger partial charge is 0.171 e. The first kappa shape index (κ1) is 10.4. The molecule has 0 aliphatic heterocycles. The molecule has 5 heteroatoms. The van der Waals surface area contributed by atoms with Crippen LogP contribution in [0.4, 0.5) is 5.69 Å². The molecule has 1 aromatic carbocycles. The second-order valence-electron chi connectivity index (χ2n) is 3.57. The molecule has 5 nitrogen and oxygen atoms in total. The fraction of sp³-hybridized carbons (Fsp3) is 0.182. The fourth-order valence-electron chi connectivity index (χ4n) is 1.49. The lowest BCUT2D eigenvalue weighted by Crippen LogP contribution is -2.07. The quantitative estimate of drug-likeness (QED) is 0.609. The number of ketones is 1. The van der Waals surface area contributed by atoms with E-state index in [2.05, 4.69) is 10.3 Å². The average Bonchev–Trinajstić information content (AvgIpc) is 2.64. The molecule has 0 radical (unpaired) electrons. The van der Waals surface area contributed by atoms with Crippen molar-refractivity contribution in [3.63, 3.8) is 0 Å². The number of nitrogens with zero attached hydrogens (tertiary/aromatic N) is 3. The number of carbonyl (C=O) groups is 1. The van der Waals surface area contributed by atoms with Crippen molar-refractivity contribution >= 4 is 11.5 Å². The Morgan fingerprint density at radius 3 is 2.81 bits per heavy atom. The van der Waals surface area contributed by atoms with Crippen LogP contribution in [0, 0.1) is 0 Å². The van der Waals surface area contributed by atoms with Gasteiger partial charge in [0.2, 0.25) is 0 Å². The third-order valence-corrected chi connectivity index (χ3v) is 2.25. The third-order valence-electron chi connectivity index (χ3n) is 2.25.